The molecule has 53 heavy (non-hydrogen) atoms. The summed E-state index contributed by atoms with van der Waals surface area (Å²) in [5, 5.41) is 13.9. The van der Waals surface area contributed by atoms with Crippen LogP contribution in [0.5, 0.6) is 0 Å². The lowest BCUT2D eigenvalue weighted by molar-refractivity contribution is 0.0860. The van der Waals surface area contributed by atoms with E-state index >= 15 is 0 Å². The summed E-state index contributed by atoms with van der Waals surface area (Å²) in [5.41, 5.74) is 0.433. The molecule has 0 saturated carbocycles. The molecule has 0 aromatic heterocycles. The summed E-state index contributed by atoms with van der Waals surface area (Å²) < 4.78 is 40.8. The van der Waals surface area contributed by atoms with Gasteiger partial charge in [-0.1, -0.05) is 109 Å². The Morgan fingerprint density at radius 1 is 0.811 bits per heavy atom. The SMILES string of the molecule is C[C@H]1OC[C@@](NC(=S)CC(=O)c2ccccc2)(c2ccccc2F)[C@@H]1CO.C[C@H]1OC[C@]2(c3ccccc3F)N=C(CC(=O)c3ccccc3)SC[C@H]12. The molecule has 276 valence electrons. The zero-order chi connectivity index (χ0) is 37.6. The molecular weight excluding hydrogens is 715 g/mol. The van der Waals surface area contributed by atoms with Crippen LogP contribution in [0.25, 0.3) is 0 Å². The molecule has 7 rings (SSSR count). The topological polar surface area (TPSA) is 97.2 Å². The summed E-state index contributed by atoms with van der Waals surface area (Å²) in [5.74, 6) is -0.288. The Labute approximate surface area is 318 Å². The second-order valence-corrected chi connectivity index (χ2v) is 15.2. The number of aliphatic hydroxyl groups excluding tert-OH is 1. The highest BCUT2D eigenvalue weighted by atomic mass is 32.2. The number of ketones is 2. The number of thiocarbonyl (C=S) groups is 1. The van der Waals surface area contributed by atoms with E-state index in [0.29, 0.717) is 33.8 Å². The number of carbonyl (C=O) groups excluding carboxylic acids is 2. The number of nitrogens with zero attached hydrogens (tertiary/aromatic N) is 1. The van der Waals surface area contributed by atoms with Crippen molar-refractivity contribution in [2.75, 3.05) is 25.6 Å². The van der Waals surface area contributed by atoms with E-state index in [9.17, 15) is 23.5 Å². The van der Waals surface area contributed by atoms with Crippen molar-refractivity contribution in [1.82, 2.24) is 5.32 Å². The molecule has 2 N–H and O–H groups in total. The number of Topliss-reactive ketones (excluding diaryl/α,β-unsaturated/α-hetero) is 2. The van der Waals surface area contributed by atoms with Gasteiger partial charge in [-0.15, -0.1) is 11.8 Å². The predicted molar refractivity (Wildman–Crippen MR) is 207 cm³/mol. The van der Waals surface area contributed by atoms with Gasteiger partial charge < -0.3 is 19.9 Å². The molecule has 0 unspecified atom stereocenters. The summed E-state index contributed by atoms with van der Waals surface area (Å²) >= 11 is 7.02. The van der Waals surface area contributed by atoms with E-state index in [1.165, 1.54) is 12.1 Å². The fraction of sp³-hybridized carbons (Fsp3) is 0.333. The number of thioether (sulfide) groups is 1. The standard InChI is InChI=1S/C21H22FNO3S.C21H20FNO2S/c1-14-17(12-24)21(13-26-14,16-9-5-6-10-18(16)22)23-20(27)11-19(25)15-7-3-2-4-8-15;1-14-17-12-26-20(11-19(24)15-7-3-2-4-8-15)23-21(17,13-25-14)16-9-5-6-10-18(16)22/h2-10,14,17,24H,11-13H2,1H3,(H,23,27);2-10,14,17H,11-13H2,1H3/t2*14-,17-,21-/m11/s1. The number of hydrogen-bond donors (Lipinski definition) is 2. The largest absolute Gasteiger partial charge is 0.396 e. The number of benzene rings is 4. The van der Waals surface area contributed by atoms with Crippen molar-refractivity contribution in [2.45, 2.75) is 50.0 Å². The van der Waals surface area contributed by atoms with Gasteiger partial charge in [-0.3, -0.25) is 14.6 Å². The van der Waals surface area contributed by atoms with E-state index in [1.54, 1.807) is 66.4 Å². The minimum absolute atomic E-state index is 0.00206. The van der Waals surface area contributed by atoms with Gasteiger partial charge in [0.2, 0.25) is 0 Å². The van der Waals surface area contributed by atoms with E-state index in [1.807, 2.05) is 56.3 Å². The molecule has 2 saturated heterocycles. The molecule has 4 aromatic rings. The van der Waals surface area contributed by atoms with Crippen molar-refractivity contribution in [2.24, 2.45) is 16.8 Å². The molecule has 0 amide bonds. The second kappa shape index (κ2) is 16.9. The maximum Gasteiger partial charge on any atom is 0.169 e. The number of hydrogen-bond acceptors (Lipinski definition) is 8. The summed E-state index contributed by atoms with van der Waals surface area (Å²) in [4.78, 5) is 30.3. The molecule has 7 nitrogen and oxygen atoms in total. The summed E-state index contributed by atoms with van der Waals surface area (Å²) in [7, 11) is 0. The zero-order valence-corrected chi connectivity index (χ0v) is 31.2. The highest BCUT2D eigenvalue weighted by molar-refractivity contribution is 8.14. The first-order valence-electron chi connectivity index (χ1n) is 17.6. The van der Waals surface area contributed by atoms with Crippen molar-refractivity contribution >= 4 is 45.6 Å². The highest BCUT2D eigenvalue weighted by Crippen LogP contribution is 2.49. The Balaban J connectivity index is 0.000000181. The van der Waals surface area contributed by atoms with Crippen LogP contribution in [0.15, 0.2) is 114 Å². The van der Waals surface area contributed by atoms with Gasteiger partial charge in [0, 0.05) is 39.8 Å². The lowest BCUT2D eigenvalue weighted by Gasteiger charge is -2.36. The quantitative estimate of drug-likeness (QED) is 0.126. The van der Waals surface area contributed by atoms with E-state index in [-0.39, 0.29) is 61.6 Å². The molecule has 4 aromatic carbocycles. The summed E-state index contributed by atoms with van der Waals surface area (Å²) in [6, 6.07) is 31.2. The first-order chi connectivity index (χ1) is 25.6. The Kier molecular flexibility index (Phi) is 12.3. The number of carbonyl (C=O) groups is 2. The molecule has 3 aliphatic heterocycles. The number of fused-ring (bicyclic) bond motifs is 1. The van der Waals surface area contributed by atoms with Crippen LogP contribution in [0.4, 0.5) is 8.78 Å². The van der Waals surface area contributed by atoms with E-state index in [4.69, 9.17) is 26.7 Å². The molecule has 3 heterocycles. The van der Waals surface area contributed by atoms with Crippen LogP contribution in [0.2, 0.25) is 0 Å². The normalized spacial score (nSPS) is 26.1. The van der Waals surface area contributed by atoms with Crippen LogP contribution in [0, 0.1) is 23.5 Å². The monoisotopic (exact) mass is 756 g/mol. The summed E-state index contributed by atoms with van der Waals surface area (Å²) in [6.45, 7) is 4.16. The number of ether oxygens (including phenoxy) is 2. The lowest BCUT2D eigenvalue weighted by Crippen LogP contribution is -2.53. The molecule has 0 aliphatic carbocycles. The maximum atomic E-state index is 14.6. The van der Waals surface area contributed by atoms with Crippen LogP contribution in [0.1, 0.15) is 58.5 Å². The van der Waals surface area contributed by atoms with Gasteiger partial charge in [0.25, 0.3) is 0 Å². The van der Waals surface area contributed by atoms with Crippen molar-refractivity contribution in [3.8, 4) is 0 Å². The first-order valence-corrected chi connectivity index (χ1v) is 19.0. The Bertz CT molecular complexity index is 1970. The molecule has 2 fully saturated rings. The van der Waals surface area contributed by atoms with Gasteiger partial charge >= 0.3 is 0 Å². The second-order valence-electron chi connectivity index (χ2n) is 13.6. The molecule has 6 atom stereocenters. The number of aliphatic hydroxyl groups is 1. The minimum Gasteiger partial charge on any atom is -0.396 e. The van der Waals surface area contributed by atoms with Crippen molar-refractivity contribution < 1.29 is 33.0 Å². The van der Waals surface area contributed by atoms with E-state index in [2.05, 4.69) is 5.32 Å². The van der Waals surface area contributed by atoms with Gasteiger partial charge in [0.05, 0.1) is 60.4 Å². The van der Waals surface area contributed by atoms with Crippen LogP contribution < -0.4 is 5.32 Å². The maximum absolute atomic E-state index is 14.6. The Morgan fingerprint density at radius 3 is 1.96 bits per heavy atom. The summed E-state index contributed by atoms with van der Waals surface area (Å²) in [6.07, 6.45) is -0.0272. The predicted octanol–water partition coefficient (Wildman–Crippen LogP) is 7.71. The van der Waals surface area contributed by atoms with Gasteiger partial charge in [-0.05, 0) is 26.0 Å². The highest BCUT2D eigenvalue weighted by Gasteiger charge is 2.53. The van der Waals surface area contributed by atoms with Crippen LogP contribution >= 0.6 is 24.0 Å². The van der Waals surface area contributed by atoms with Gasteiger partial charge in [0.1, 0.15) is 17.2 Å². The average Bonchev–Trinajstić information content (AvgIpc) is 3.68. The third-order valence-corrected chi connectivity index (χ3v) is 11.7. The number of nitrogens with one attached hydrogen (secondary N) is 1. The molecule has 0 radical (unpaired) electrons. The Morgan fingerprint density at radius 2 is 1.36 bits per heavy atom. The minimum atomic E-state index is -1.02. The molecular formula is C42H42F2N2O5S2. The van der Waals surface area contributed by atoms with Gasteiger partial charge in [-0.2, -0.15) is 0 Å². The molecule has 3 aliphatic rings. The number of rotatable bonds is 10. The van der Waals surface area contributed by atoms with Gasteiger partial charge in [-0.25, -0.2) is 8.78 Å². The van der Waals surface area contributed by atoms with Crippen molar-refractivity contribution in [1.29, 1.82) is 0 Å². The van der Waals surface area contributed by atoms with E-state index < -0.39 is 22.8 Å². The molecule has 0 bridgehead atoms. The van der Waals surface area contributed by atoms with Crippen LogP contribution in [-0.4, -0.2) is 64.5 Å². The van der Waals surface area contributed by atoms with Gasteiger partial charge in [0.15, 0.2) is 11.6 Å². The first kappa shape index (κ1) is 38.6. The molecule has 0 spiro atoms. The smallest absolute Gasteiger partial charge is 0.169 e. The average molecular weight is 757 g/mol. The fourth-order valence-electron chi connectivity index (χ4n) is 7.46. The zero-order valence-electron chi connectivity index (χ0n) is 29.5. The van der Waals surface area contributed by atoms with E-state index in [0.717, 1.165) is 10.8 Å². The lowest BCUT2D eigenvalue weighted by atomic mass is 9.78. The fourth-order valence-corrected chi connectivity index (χ4v) is 9.15. The third kappa shape index (κ3) is 8.19. The molecule has 11 heteroatoms. The van der Waals surface area contributed by atoms with Crippen LogP contribution in [0.3, 0.4) is 0 Å². The Hall–Kier alpha value is -4.13. The third-order valence-electron chi connectivity index (χ3n) is 10.4. The van der Waals surface area contributed by atoms with Crippen molar-refractivity contribution in [3.05, 3.63) is 143 Å². The van der Waals surface area contributed by atoms with Crippen molar-refractivity contribution in [3.63, 3.8) is 0 Å². The van der Waals surface area contributed by atoms with Crippen LogP contribution in [-0.2, 0) is 20.6 Å². The number of aliphatic imine (C=N–C) groups is 1. The number of halogens is 2.